The highest BCUT2D eigenvalue weighted by Gasteiger charge is 2.18. The van der Waals surface area contributed by atoms with Gasteiger partial charge in [-0.1, -0.05) is 29.8 Å². The van der Waals surface area contributed by atoms with Crippen molar-refractivity contribution in [2.24, 2.45) is 0 Å². The van der Waals surface area contributed by atoms with Gasteiger partial charge in [0.25, 0.3) is 0 Å². The van der Waals surface area contributed by atoms with Gasteiger partial charge in [-0.25, -0.2) is 4.98 Å². The highest BCUT2D eigenvalue weighted by molar-refractivity contribution is 7.15. The average Bonchev–Trinajstić information content (AvgIpc) is 2.88. The van der Waals surface area contributed by atoms with Crippen molar-refractivity contribution in [3.05, 3.63) is 46.0 Å². The van der Waals surface area contributed by atoms with Gasteiger partial charge in [-0.15, -0.1) is 11.3 Å². The number of hydrogen-bond donors (Lipinski definition) is 1. The molecule has 1 N–H and O–H groups in total. The summed E-state index contributed by atoms with van der Waals surface area (Å²) in [7, 11) is 2.11. The molecule has 1 aliphatic heterocycles. The van der Waals surface area contributed by atoms with E-state index in [1.807, 2.05) is 0 Å². The standard InChI is InChI=1S/C17H21N3OS/c1-12-3-5-13(6-4-12)7-8-16(21)19-17-18-14-9-10-20(2)11-15(14)22-17/h3-6H,7-11H2,1-2H3,(H,18,19,21). The van der Waals surface area contributed by atoms with E-state index in [0.717, 1.165) is 36.8 Å². The van der Waals surface area contributed by atoms with Crippen LogP contribution < -0.4 is 5.32 Å². The zero-order chi connectivity index (χ0) is 15.5. The third kappa shape index (κ3) is 3.72. The van der Waals surface area contributed by atoms with Crippen molar-refractivity contribution in [3.8, 4) is 0 Å². The highest BCUT2D eigenvalue weighted by Crippen LogP contribution is 2.27. The summed E-state index contributed by atoms with van der Waals surface area (Å²) in [6.07, 6.45) is 2.23. The van der Waals surface area contributed by atoms with Gasteiger partial charge in [-0.2, -0.15) is 0 Å². The van der Waals surface area contributed by atoms with E-state index in [4.69, 9.17) is 0 Å². The van der Waals surface area contributed by atoms with Gasteiger partial charge in [0.05, 0.1) is 5.69 Å². The summed E-state index contributed by atoms with van der Waals surface area (Å²) in [5.74, 6) is 0.0417. The molecule has 0 radical (unpaired) electrons. The topological polar surface area (TPSA) is 45.2 Å². The maximum atomic E-state index is 12.1. The van der Waals surface area contributed by atoms with E-state index >= 15 is 0 Å². The summed E-state index contributed by atoms with van der Waals surface area (Å²) < 4.78 is 0. The van der Waals surface area contributed by atoms with Gasteiger partial charge in [-0.3, -0.25) is 4.79 Å². The van der Waals surface area contributed by atoms with E-state index in [-0.39, 0.29) is 5.91 Å². The number of rotatable bonds is 4. The van der Waals surface area contributed by atoms with Crippen molar-refractivity contribution < 1.29 is 4.79 Å². The van der Waals surface area contributed by atoms with Crippen LogP contribution in [0.25, 0.3) is 0 Å². The number of hydrogen-bond acceptors (Lipinski definition) is 4. The molecule has 22 heavy (non-hydrogen) atoms. The Balaban J connectivity index is 1.54. The molecule has 5 heteroatoms. The molecule has 0 atom stereocenters. The van der Waals surface area contributed by atoms with Gasteiger partial charge >= 0.3 is 0 Å². The Morgan fingerprint density at radius 1 is 1.36 bits per heavy atom. The normalized spacial score (nSPS) is 14.6. The first-order valence-corrected chi connectivity index (χ1v) is 8.44. The lowest BCUT2D eigenvalue weighted by molar-refractivity contribution is -0.116. The van der Waals surface area contributed by atoms with Crippen LogP contribution in [0, 0.1) is 6.92 Å². The fourth-order valence-corrected chi connectivity index (χ4v) is 3.68. The van der Waals surface area contributed by atoms with Gasteiger partial charge in [-0.05, 0) is 26.0 Å². The van der Waals surface area contributed by atoms with Crippen molar-refractivity contribution in [2.75, 3.05) is 18.9 Å². The van der Waals surface area contributed by atoms with E-state index < -0.39 is 0 Å². The highest BCUT2D eigenvalue weighted by atomic mass is 32.1. The zero-order valence-corrected chi connectivity index (χ0v) is 13.9. The van der Waals surface area contributed by atoms with Crippen LogP contribution in [0.4, 0.5) is 5.13 Å². The van der Waals surface area contributed by atoms with Gasteiger partial charge in [0.15, 0.2) is 5.13 Å². The SMILES string of the molecule is Cc1ccc(CCC(=O)Nc2nc3c(s2)CN(C)CC3)cc1. The zero-order valence-electron chi connectivity index (χ0n) is 13.1. The molecular weight excluding hydrogens is 294 g/mol. The number of nitrogens with zero attached hydrogens (tertiary/aromatic N) is 2. The number of amides is 1. The largest absolute Gasteiger partial charge is 0.302 e. The minimum Gasteiger partial charge on any atom is -0.302 e. The van der Waals surface area contributed by atoms with E-state index in [1.54, 1.807) is 11.3 Å². The van der Waals surface area contributed by atoms with Crippen molar-refractivity contribution in [1.29, 1.82) is 0 Å². The fourth-order valence-electron chi connectivity index (χ4n) is 2.57. The molecule has 2 aromatic rings. The minimum atomic E-state index is 0.0417. The Kier molecular flexibility index (Phi) is 4.55. The van der Waals surface area contributed by atoms with Gasteiger partial charge < -0.3 is 10.2 Å². The van der Waals surface area contributed by atoms with Crippen molar-refractivity contribution >= 4 is 22.4 Å². The smallest absolute Gasteiger partial charge is 0.226 e. The number of nitrogens with one attached hydrogen (secondary N) is 1. The van der Waals surface area contributed by atoms with Crippen LogP contribution in [-0.2, 0) is 24.2 Å². The number of likely N-dealkylation sites (N-methyl/N-ethyl adjacent to an activating group) is 1. The van der Waals surface area contributed by atoms with Crippen LogP contribution in [0.5, 0.6) is 0 Å². The summed E-state index contributed by atoms with van der Waals surface area (Å²) in [6.45, 7) is 4.04. The van der Waals surface area contributed by atoms with Gasteiger partial charge in [0, 0.05) is 30.8 Å². The van der Waals surface area contributed by atoms with Gasteiger partial charge in [0.1, 0.15) is 0 Å². The van der Waals surface area contributed by atoms with Crippen LogP contribution in [0.1, 0.15) is 28.1 Å². The maximum Gasteiger partial charge on any atom is 0.226 e. The molecule has 1 aromatic carbocycles. The first kappa shape index (κ1) is 15.2. The molecule has 0 saturated carbocycles. The van der Waals surface area contributed by atoms with E-state index in [0.29, 0.717) is 6.42 Å². The van der Waals surface area contributed by atoms with Crippen molar-refractivity contribution in [1.82, 2.24) is 9.88 Å². The van der Waals surface area contributed by atoms with Gasteiger partial charge in [0.2, 0.25) is 5.91 Å². The second-order valence-corrected chi connectivity index (χ2v) is 6.99. The number of aryl methyl sites for hydroxylation is 2. The lowest BCUT2D eigenvalue weighted by atomic mass is 10.1. The number of carbonyl (C=O) groups excluding carboxylic acids is 1. The second-order valence-electron chi connectivity index (χ2n) is 5.91. The molecule has 2 heterocycles. The molecule has 0 spiro atoms. The molecular formula is C17H21N3OS. The molecule has 116 valence electrons. The Bertz CT molecular complexity index is 663. The number of benzene rings is 1. The summed E-state index contributed by atoms with van der Waals surface area (Å²) in [5.41, 5.74) is 3.59. The molecule has 0 fully saturated rings. The average molecular weight is 315 g/mol. The van der Waals surface area contributed by atoms with Crippen molar-refractivity contribution in [2.45, 2.75) is 32.7 Å². The quantitative estimate of drug-likeness (QED) is 0.943. The first-order valence-electron chi connectivity index (χ1n) is 7.62. The predicted molar refractivity (Wildman–Crippen MR) is 90.3 cm³/mol. The molecule has 0 bridgehead atoms. The molecule has 0 unspecified atom stereocenters. The number of fused-ring (bicyclic) bond motifs is 1. The molecule has 1 amide bonds. The number of carbonyl (C=O) groups is 1. The summed E-state index contributed by atoms with van der Waals surface area (Å²) in [5, 5.41) is 3.69. The lowest BCUT2D eigenvalue weighted by Gasteiger charge is -2.20. The molecule has 4 nitrogen and oxygen atoms in total. The first-order chi connectivity index (χ1) is 10.6. The Morgan fingerprint density at radius 3 is 2.91 bits per heavy atom. The lowest BCUT2D eigenvalue weighted by Crippen LogP contribution is -2.25. The monoisotopic (exact) mass is 315 g/mol. The summed E-state index contributed by atoms with van der Waals surface area (Å²) in [4.78, 5) is 20.2. The van der Waals surface area contributed by atoms with E-state index in [9.17, 15) is 4.79 Å². The second kappa shape index (κ2) is 6.58. The van der Waals surface area contributed by atoms with Crippen LogP contribution >= 0.6 is 11.3 Å². The van der Waals surface area contributed by atoms with Crippen LogP contribution in [0.3, 0.4) is 0 Å². The number of anilines is 1. The summed E-state index contributed by atoms with van der Waals surface area (Å²) >= 11 is 1.61. The molecule has 1 aromatic heterocycles. The third-order valence-electron chi connectivity index (χ3n) is 3.93. The molecule has 0 aliphatic carbocycles. The van der Waals surface area contributed by atoms with E-state index in [2.05, 4.69) is 53.4 Å². The molecule has 1 aliphatic rings. The van der Waals surface area contributed by atoms with Crippen molar-refractivity contribution in [3.63, 3.8) is 0 Å². The van der Waals surface area contributed by atoms with Crippen LogP contribution in [0.2, 0.25) is 0 Å². The molecule has 3 rings (SSSR count). The van der Waals surface area contributed by atoms with E-state index in [1.165, 1.54) is 16.0 Å². The maximum absolute atomic E-state index is 12.1. The Hall–Kier alpha value is -1.72. The van der Waals surface area contributed by atoms with Crippen LogP contribution in [0.15, 0.2) is 24.3 Å². The Labute approximate surface area is 135 Å². The fraction of sp³-hybridized carbons (Fsp3) is 0.412. The van der Waals surface area contributed by atoms with Crippen LogP contribution in [-0.4, -0.2) is 29.4 Å². The minimum absolute atomic E-state index is 0.0417. The summed E-state index contributed by atoms with van der Waals surface area (Å²) in [6, 6.07) is 8.33. The third-order valence-corrected chi connectivity index (χ3v) is 4.93. The predicted octanol–water partition coefficient (Wildman–Crippen LogP) is 3.01. The molecule has 0 saturated heterocycles. The number of aromatic nitrogens is 1. The Morgan fingerprint density at radius 2 is 2.14 bits per heavy atom. The number of thiazole rings is 1.